The van der Waals surface area contributed by atoms with Crippen molar-refractivity contribution >= 4 is 11.8 Å². The predicted octanol–water partition coefficient (Wildman–Crippen LogP) is 4.17. The second-order valence-corrected chi connectivity index (χ2v) is 5.11. The van der Waals surface area contributed by atoms with Crippen LogP contribution in [0.3, 0.4) is 0 Å². The first kappa shape index (κ1) is 14.0. The van der Waals surface area contributed by atoms with Gasteiger partial charge in [0.15, 0.2) is 0 Å². The Balaban J connectivity index is 2.01. The van der Waals surface area contributed by atoms with Crippen molar-refractivity contribution in [2.45, 2.75) is 22.9 Å². The molecule has 1 atom stereocenters. The van der Waals surface area contributed by atoms with E-state index in [0.29, 0.717) is 12.0 Å². The zero-order valence-electron chi connectivity index (χ0n) is 9.72. The maximum Gasteiger partial charge on any atom is 0.446 e. The van der Waals surface area contributed by atoms with Gasteiger partial charge in [0.1, 0.15) is 0 Å². The molecule has 0 radical (unpaired) electrons. The van der Waals surface area contributed by atoms with Gasteiger partial charge in [0, 0.05) is 11.3 Å². The number of thioether (sulfide) groups is 1. The first-order chi connectivity index (χ1) is 8.94. The molecule has 0 aliphatic rings. The molecule has 0 fully saturated rings. The highest BCUT2D eigenvalue weighted by atomic mass is 32.2. The standard InChI is InChI=1S/C13H11F3O2S/c14-13(15,16)19-11-3-1-10(2-4-11)12(17)7-9-5-6-18-8-9/h1-6,8,12,17H,7H2. The summed E-state index contributed by atoms with van der Waals surface area (Å²) in [4.78, 5) is 0.103. The molecule has 0 spiro atoms. The maximum atomic E-state index is 12.2. The fraction of sp³-hybridized carbons (Fsp3) is 0.231. The summed E-state index contributed by atoms with van der Waals surface area (Å²) in [6, 6.07) is 7.44. The third kappa shape index (κ3) is 4.33. The summed E-state index contributed by atoms with van der Waals surface area (Å²) in [5.74, 6) is 0. The van der Waals surface area contributed by atoms with Crippen LogP contribution < -0.4 is 0 Å². The molecule has 2 nitrogen and oxygen atoms in total. The van der Waals surface area contributed by atoms with Crippen LogP contribution in [0.2, 0.25) is 0 Å². The van der Waals surface area contributed by atoms with Crippen molar-refractivity contribution in [3.63, 3.8) is 0 Å². The third-order valence-corrected chi connectivity index (χ3v) is 3.25. The number of hydrogen-bond donors (Lipinski definition) is 1. The molecule has 0 aliphatic heterocycles. The summed E-state index contributed by atoms with van der Waals surface area (Å²) in [6.45, 7) is 0. The Hall–Kier alpha value is -1.40. The van der Waals surface area contributed by atoms with Crippen molar-refractivity contribution < 1.29 is 22.7 Å². The van der Waals surface area contributed by atoms with Crippen molar-refractivity contribution in [1.29, 1.82) is 0 Å². The lowest BCUT2D eigenvalue weighted by molar-refractivity contribution is -0.0328. The minimum absolute atomic E-state index is 0.103. The number of aliphatic hydroxyl groups is 1. The van der Waals surface area contributed by atoms with Crippen LogP contribution in [0.5, 0.6) is 0 Å². The molecule has 19 heavy (non-hydrogen) atoms. The van der Waals surface area contributed by atoms with Crippen molar-refractivity contribution in [1.82, 2.24) is 0 Å². The smallest absolute Gasteiger partial charge is 0.446 e. The molecular formula is C13H11F3O2S. The Bertz CT molecular complexity index is 506. The molecule has 1 N–H and O–H groups in total. The highest BCUT2D eigenvalue weighted by Gasteiger charge is 2.29. The average Bonchev–Trinajstić information content (AvgIpc) is 2.80. The zero-order chi connectivity index (χ0) is 13.9. The Morgan fingerprint density at radius 3 is 2.37 bits per heavy atom. The topological polar surface area (TPSA) is 33.4 Å². The number of aliphatic hydroxyl groups excluding tert-OH is 1. The predicted molar refractivity (Wildman–Crippen MR) is 65.7 cm³/mol. The van der Waals surface area contributed by atoms with Crippen LogP contribution in [0, 0.1) is 0 Å². The largest absolute Gasteiger partial charge is 0.472 e. The summed E-state index contributed by atoms with van der Waals surface area (Å²) < 4.78 is 41.4. The molecule has 1 heterocycles. The summed E-state index contributed by atoms with van der Waals surface area (Å²) in [6.07, 6.45) is 2.63. The summed E-state index contributed by atoms with van der Waals surface area (Å²) in [5, 5.41) is 9.95. The molecule has 6 heteroatoms. The van der Waals surface area contributed by atoms with E-state index < -0.39 is 11.6 Å². The van der Waals surface area contributed by atoms with E-state index in [1.807, 2.05) is 0 Å². The Morgan fingerprint density at radius 2 is 1.84 bits per heavy atom. The van der Waals surface area contributed by atoms with Crippen LogP contribution in [0.15, 0.2) is 52.2 Å². The molecule has 1 unspecified atom stereocenters. The van der Waals surface area contributed by atoms with Crippen LogP contribution in [0.4, 0.5) is 13.2 Å². The number of rotatable bonds is 4. The first-order valence-corrected chi connectivity index (χ1v) is 6.30. The van der Waals surface area contributed by atoms with E-state index in [4.69, 9.17) is 4.42 Å². The van der Waals surface area contributed by atoms with Crippen LogP contribution in [0.25, 0.3) is 0 Å². The van der Waals surface area contributed by atoms with Gasteiger partial charge in [-0.1, -0.05) is 12.1 Å². The number of hydrogen-bond acceptors (Lipinski definition) is 3. The maximum absolute atomic E-state index is 12.2. The van der Waals surface area contributed by atoms with Gasteiger partial charge in [0.05, 0.1) is 18.6 Å². The molecule has 0 saturated carbocycles. The number of halogens is 3. The monoisotopic (exact) mass is 288 g/mol. The Morgan fingerprint density at radius 1 is 1.16 bits per heavy atom. The molecule has 102 valence electrons. The van der Waals surface area contributed by atoms with Crippen molar-refractivity contribution in [2.75, 3.05) is 0 Å². The van der Waals surface area contributed by atoms with E-state index in [2.05, 4.69) is 0 Å². The Kier molecular flexibility index (Phi) is 4.21. The van der Waals surface area contributed by atoms with Gasteiger partial charge in [-0.3, -0.25) is 0 Å². The van der Waals surface area contributed by atoms with Crippen molar-refractivity contribution in [3.05, 3.63) is 54.0 Å². The van der Waals surface area contributed by atoms with Gasteiger partial charge in [-0.15, -0.1) is 0 Å². The fourth-order valence-electron chi connectivity index (χ4n) is 1.64. The van der Waals surface area contributed by atoms with E-state index in [0.717, 1.165) is 5.56 Å². The minimum Gasteiger partial charge on any atom is -0.472 e. The van der Waals surface area contributed by atoms with Crippen molar-refractivity contribution in [3.8, 4) is 0 Å². The normalized spacial score (nSPS) is 13.5. The van der Waals surface area contributed by atoms with E-state index >= 15 is 0 Å². The molecule has 0 bridgehead atoms. The zero-order valence-corrected chi connectivity index (χ0v) is 10.5. The molecule has 1 aromatic heterocycles. The highest BCUT2D eigenvalue weighted by molar-refractivity contribution is 8.00. The lowest BCUT2D eigenvalue weighted by Gasteiger charge is -2.11. The minimum atomic E-state index is -4.29. The SMILES string of the molecule is OC(Cc1ccoc1)c1ccc(SC(F)(F)F)cc1. The first-order valence-electron chi connectivity index (χ1n) is 5.49. The molecule has 1 aromatic carbocycles. The second-order valence-electron chi connectivity index (χ2n) is 3.97. The van der Waals surface area contributed by atoms with Crippen molar-refractivity contribution in [2.24, 2.45) is 0 Å². The molecule has 0 saturated heterocycles. The second kappa shape index (κ2) is 5.71. The number of alkyl halides is 3. The summed E-state index contributed by atoms with van der Waals surface area (Å²) in [7, 11) is 0. The van der Waals surface area contributed by atoms with Gasteiger partial charge >= 0.3 is 5.51 Å². The number of benzene rings is 1. The molecule has 2 aromatic rings. The quantitative estimate of drug-likeness (QED) is 0.857. The average molecular weight is 288 g/mol. The third-order valence-electron chi connectivity index (χ3n) is 2.51. The van der Waals surface area contributed by atoms with Crippen LogP contribution >= 0.6 is 11.8 Å². The van der Waals surface area contributed by atoms with E-state index in [9.17, 15) is 18.3 Å². The lowest BCUT2D eigenvalue weighted by Crippen LogP contribution is -2.02. The van der Waals surface area contributed by atoms with Gasteiger partial charge in [-0.2, -0.15) is 13.2 Å². The van der Waals surface area contributed by atoms with Gasteiger partial charge in [-0.25, -0.2) is 0 Å². The van der Waals surface area contributed by atoms with Gasteiger partial charge < -0.3 is 9.52 Å². The van der Waals surface area contributed by atoms with E-state index in [1.54, 1.807) is 6.07 Å². The van der Waals surface area contributed by atoms with E-state index in [1.165, 1.54) is 36.8 Å². The van der Waals surface area contributed by atoms with Crippen LogP contribution in [-0.2, 0) is 6.42 Å². The molecule has 0 amide bonds. The van der Waals surface area contributed by atoms with E-state index in [-0.39, 0.29) is 16.7 Å². The molecular weight excluding hydrogens is 277 g/mol. The lowest BCUT2D eigenvalue weighted by atomic mass is 10.0. The Labute approximate surface area is 112 Å². The molecule has 2 rings (SSSR count). The fourth-order valence-corrected chi connectivity index (χ4v) is 2.18. The van der Waals surface area contributed by atoms with Gasteiger partial charge in [-0.05, 0) is 41.1 Å². The van der Waals surface area contributed by atoms with Crippen LogP contribution in [-0.4, -0.2) is 10.6 Å². The van der Waals surface area contributed by atoms with Crippen LogP contribution in [0.1, 0.15) is 17.2 Å². The summed E-state index contributed by atoms with van der Waals surface area (Å²) >= 11 is -0.170. The molecule has 0 aliphatic carbocycles. The highest BCUT2D eigenvalue weighted by Crippen LogP contribution is 2.37. The van der Waals surface area contributed by atoms with Gasteiger partial charge in [0.25, 0.3) is 0 Å². The van der Waals surface area contributed by atoms with Gasteiger partial charge in [0.2, 0.25) is 0 Å². The summed E-state index contributed by atoms with van der Waals surface area (Å²) in [5.41, 5.74) is -2.88. The number of furan rings is 1.